The van der Waals surface area contributed by atoms with Crippen LogP contribution in [0.25, 0.3) is 0 Å². The van der Waals surface area contributed by atoms with Crippen LogP contribution < -0.4 is 5.32 Å². The second-order valence-corrected chi connectivity index (χ2v) is 3.90. The predicted molar refractivity (Wildman–Crippen MR) is 66.1 cm³/mol. The smallest absolute Gasteiger partial charge is 0.247 e. The number of phenols is 1. The first kappa shape index (κ1) is 11.3. The summed E-state index contributed by atoms with van der Waals surface area (Å²) in [6, 6.07) is 5.11. The summed E-state index contributed by atoms with van der Waals surface area (Å²) in [6.07, 6.45) is 0. The Hall–Kier alpha value is -2.17. The maximum Gasteiger partial charge on any atom is 0.247 e. The van der Waals surface area contributed by atoms with Crippen molar-refractivity contribution in [1.82, 2.24) is 5.32 Å². The number of aryl methyl sites for hydroxylation is 1. The molecule has 0 saturated heterocycles. The van der Waals surface area contributed by atoms with Gasteiger partial charge in [-0.25, -0.2) is 4.99 Å². The number of carbonyl (C=O) groups is 1. The average Bonchev–Trinajstić information content (AvgIpc) is 2.28. The van der Waals surface area contributed by atoms with Crippen LogP contribution in [0.2, 0.25) is 0 Å². The van der Waals surface area contributed by atoms with Gasteiger partial charge in [0.2, 0.25) is 5.91 Å². The minimum Gasteiger partial charge on any atom is -0.506 e. The lowest BCUT2D eigenvalue weighted by atomic mass is 10.2. The molecule has 0 aromatic heterocycles. The molecule has 5 heteroatoms. The molecule has 88 valence electrons. The highest BCUT2D eigenvalue weighted by molar-refractivity contribution is 6.44. The first-order valence-corrected chi connectivity index (χ1v) is 5.26. The maximum absolute atomic E-state index is 11.2. The number of hydrogen-bond acceptors (Lipinski definition) is 4. The highest BCUT2D eigenvalue weighted by atomic mass is 16.3. The monoisotopic (exact) mass is 231 g/mol. The average molecular weight is 231 g/mol. The van der Waals surface area contributed by atoms with E-state index >= 15 is 0 Å². The number of amides is 1. The normalized spacial score (nSPS) is 17.9. The number of hydrogen-bond donors (Lipinski definition) is 2. The lowest BCUT2D eigenvalue weighted by Crippen LogP contribution is -2.40. The number of nitrogens with zero attached hydrogens (tertiary/aromatic N) is 2. The molecule has 5 nitrogen and oxygen atoms in total. The highest BCUT2D eigenvalue weighted by Gasteiger charge is 2.15. The van der Waals surface area contributed by atoms with Crippen LogP contribution in [-0.4, -0.2) is 29.1 Å². The molecule has 2 N–H and O–H groups in total. The van der Waals surface area contributed by atoms with Crippen molar-refractivity contribution < 1.29 is 9.90 Å². The third-order valence-electron chi connectivity index (χ3n) is 2.42. The number of benzene rings is 1. The largest absolute Gasteiger partial charge is 0.506 e. The van der Waals surface area contributed by atoms with Crippen LogP contribution in [0.5, 0.6) is 5.75 Å². The third-order valence-corrected chi connectivity index (χ3v) is 2.42. The van der Waals surface area contributed by atoms with Gasteiger partial charge in [-0.3, -0.25) is 9.79 Å². The Bertz CT molecular complexity index is 533. The van der Waals surface area contributed by atoms with Gasteiger partial charge in [0, 0.05) is 0 Å². The molecule has 1 heterocycles. The van der Waals surface area contributed by atoms with E-state index < -0.39 is 0 Å². The summed E-state index contributed by atoms with van der Waals surface area (Å²) < 4.78 is 0. The highest BCUT2D eigenvalue weighted by Crippen LogP contribution is 2.27. The number of aliphatic imine (C=N–C) groups is 2. The summed E-state index contributed by atoms with van der Waals surface area (Å²) >= 11 is 0. The van der Waals surface area contributed by atoms with Gasteiger partial charge >= 0.3 is 0 Å². The van der Waals surface area contributed by atoms with Crippen molar-refractivity contribution in [2.45, 2.75) is 13.8 Å². The summed E-state index contributed by atoms with van der Waals surface area (Å²) in [6.45, 7) is 3.80. The van der Waals surface area contributed by atoms with Crippen LogP contribution >= 0.6 is 0 Å². The van der Waals surface area contributed by atoms with E-state index in [0.717, 1.165) is 5.56 Å². The third kappa shape index (κ3) is 2.50. The molecule has 1 aliphatic rings. The number of carbonyl (C=O) groups excluding carboxylic acids is 1. The SMILES string of the molecule is CC1=NCC(=O)NC1=Nc1cc(C)ccc1O. The quantitative estimate of drug-likeness (QED) is 0.765. The summed E-state index contributed by atoms with van der Waals surface area (Å²) in [5.74, 6) is 0.277. The lowest BCUT2D eigenvalue weighted by molar-refractivity contribution is -0.118. The molecule has 1 amide bonds. The molecule has 1 aromatic rings. The standard InChI is InChI=1S/C12H13N3O2/c1-7-3-4-10(16)9(5-7)14-12-8(2)13-6-11(17)15-12/h3-5,16H,6H2,1-2H3,(H,14,15,17). The van der Waals surface area contributed by atoms with Gasteiger partial charge in [-0.1, -0.05) is 6.07 Å². The van der Waals surface area contributed by atoms with Crippen molar-refractivity contribution in [3.05, 3.63) is 23.8 Å². The van der Waals surface area contributed by atoms with E-state index in [2.05, 4.69) is 15.3 Å². The molecule has 0 atom stereocenters. The predicted octanol–water partition coefficient (Wildman–Crippen LogP) is 1.32. The van der Waals surface area contributed by atoms with Gasteiger partial charge in [-0.15, -0.1) is 0 Å². The number of phenolic OH excluding ortho intramolecular Hbond substituents is 1. The van der Waals surface area contributed by atoms with E-state index in [0.29, 0.717) is 17.2 Å². The van der Waals surface area contributed by atoms with Crippen LogP contribution in [0.4, 0.5) is 5.69 Å². The Balaban J connectivity index is 2.41. The molecule has 0 radical (unpaired) electrons. The molecule has 0 aliphatic carbocycles. The zero-order valence-corrected chi connectivity index (χ0v) is 9.69. The number of nitrogens with one attached hydrogen (secondary N) is 1. The van der Waals surface area contributed by atoms with E-state index in [4.69, 9.17) is 0 Å². The zero-order valence-electron chi connectivity index (χ0n) is 9.69. The molecule has 1 aromatic carbocycles. The fourth-order valence-corrected chi connectivity index (χ4v) is 1.48. The second kappa shape index (κ2) is 4.37. The van der Waals surface area contributed by atoms with Gasteiger partial charge in [-0.05, 0) is 31.5 Å². The summed E-state index contributed by atoms with van der Waals surface area (Å²) in [7, 11) is 0. The second-order valence-electron chi connectivity index (χ2n) is 3.90. The van der Waals surface area contributed by atoms with E-state index in [-0.39, 0.29) is 18.2 Å². The fraction of sp³-hybridized carbons (Fsp3) is 0.250. The minimum atomic E-state index is -0.193. The summed E-state index contributed by atoms with van der Waals surface area (Å²) in [5.41, 5.74) is 2.07. The van der Waals surface area contributed by atoms with Crippen LogP contribution in [0.15, 0.2) is 28.2 Å². The van der Waals surface area contributed by atoms with Crippen LogP contribution in [-0.2, 0) is 4.79 Å². The van der Waals surface area contributed by atoms with Crippen molar-refractivity contribution in [2.24, 2.45) is 9.98 Å². The van der Waals surface area contributed by atoms with Crippen LogP contribution in [0.1, 0.15) is 12.5 Å². The summed E-state index contributed by atoms with van der Waals surface area (Å²) in [5, 5.41) is 12.3. The van der Waals surface area contributed by atoms with Crippen molar-refractivity contribution >= 4 is 23.1 Å². The molecule has 2 rings (SSSR count). The van der Waals surface area contributed by atoms with Crippen molar-refractivity contribution in [3.63, 3.8) is 0 Å². The molecule has 17 heavy (non-hydrogen) atoms. The molecule has 0 fully saturated rings. The molecular formula is C12H13N3O2. The van der Waals surface area contributed by atoms with E-state index in [1.165, 1.54) is 0 Å². The van der Waals surface area contributed by atoms with E-state index in [9.17, 15) is 9.90 Å². The lowest BCUT2D eigenvalue weighted by Gasteiger charge is -2.13. The van der Waals surface area contributed by atoms with Gasteiger partial charge in [0.1, 0.15) is 18.0 Å². The zero-order chi connectivity index (χ0) is 12.4. The van der Waals surface area contributed by atoms with Gasteiger partial charge in [0.15, 0.2) is 5.84 Å². The Morgan fingerprint density at radius 2 is 2.18 bits per heavy atom. The molecule has 0 unspecified atom stereocenters. The molecule has 0 saturated carbocycles. The summed E-state index contributed by atoms with van der Waals surface area (Å²) in [4.78, 5) is 19.4. The molecular weight excluding hydrogens is 218 g/mol. The fourth-order valence-electron chi connectivity index (χ4n) is 1.48. The molecule has 0 spiro atoms. The Labute approximate surface area is 98.9 Å². The van der Waals surface area contributed by atoms with E-state index in [1.807, 2.05) is 6.92 Å². The Morgan fingerprint density at radius 3 is 2.94 bits per heavy atom. The number of amidine groups is 1. The molecule has 0 bridgehead atoms. The Morgan fingerprint density at radius 1 is 1.41 bits per heavy atom. The first-order chi connectivity index (χ1) is 8.06. The van der Waals surface area contributed by atoms with Gasteiger partial charge < -0.3 is 10.4 Å². The van der Waals surface area contributed by atoms with Crippen LogP contribution in [0, 0.1) is 6.92 Å². The van der Waals surface area contributed by atoms with Gasteiger partial charge in [0.25, 0.3) is 0 Å². The van der Waals surface area contributed by atoms with Gasteiger partial charge in [-0.2, -0.15) is 0 Å². The number of rotatable bonds is 1. The van der Waals surface area contributed by atoms with Gasteiger partial charge in [0.05, 0.1) is 5.71 Å². The van der Waals surface area contributed by atoms with Crippen LogP contribution in [0.3, 0.4) is 0 Å². The number of aromatic hydroxyl groups is 1. The van der Waals surface area contributed by atoms with Crippen molar-refractivity contribution in [3.8, 4) is 5.75 Å². The Kier molecular flexibility index (Phi) is 2.91. The first-order valence-electron chi connectivity index (χ1n) is 5.26. The minimum absolute atomic E-state index is 0.0794. The van der Waals surface area contributed by atoms with Crippen molar-refractivity contribution in [1.29, 1.82) is 0 Å². The van der Waals surface area contributed by atoms with Crippen molar-refractivity contribution in [2.75, 3.05) is 6.54 Å². The maximum atomic E-state index is 11.2. The molecule has 1 aliphatic heterocycles. The topological polar surface area (TPSA) is 74.0 Å². The van der Waals surface area contributed by atoms with E-state index in [1.54, 1.807) is 25.1 Å².